The second-order valence-corrected chi connectivity index (χ2v) is 3.57. The van der Waals surface area contributed by atoms with Crippen LogP contribution >= 0.6 is 0 Å². The molecular weight excluding hydrogens is 275 g/mol. The molecule has 0 saturated heterocycles. The molecule has 0 radical (unpaired) electrons. The predicted molar refractivity (Wildman–Crippen MR) is 63.9 cm³/mol. The third kappa shape index (κ3) is 6.64. The molecule has 1 rings (SSSR count). The maximum absolute atomic E-state index is 11.9. The van der Waals surface area contributed by atoms with Crippen LogP contribution in [0, 0.1) is 11.8 Å². The van der Waals surface area contributed by atoms with E-state index in [1.54, 1.807) is 6.92 Å². The van der Waals surface area contributed by atoms with Gasteiger partial charge in [0, 0.05) is 17.8 Å². The summed E-state index contributed by atoms with van der Waals surface area (Å²) in [5.41, 5.74) is 0.466. The molecule has 7 heteroatoms. The number of hydrogen-bond acceptors (Lipinski definition) is 4. The zero-order chi connectivity index (χ0) is 15.0. The maximum Gasteiger partial charge on any atom is 0.422 e. The van der Waals surface area contributed by atoms with E-state index in [0.29, 0.717) is 5.56 Å². The standard InChI is InChI=1S/C13H12F3NO3/c1-2-19-12(18)5-3-4-10-6-7-11(17-8-10)20-9-13(14,15)16/h6-8H,2,5,9H2,1H3. The van der Waals surface area contributed by atoms with Crippen LogP contribution in [0.4, 0.5) is 13.2 Å². The van der Waals surface area contributed by atoms with Crippen LogP contribution in [0.25, 0.3) is 0 Å². The molecule has 0 atom stereocenters. The van der Waals surface area contributed by atoms with E-state index in [2.05, 4.69) is 26.3 Å². The van der Waals surface area contributed by atoms with Crippen molar-refractivity contribution in [3.05, 3.63) is 23.9 Å². The molecule has 0 bridgehead atoms. The molecular formula is C13H12F3NO3. The Kier molecular flexibility index (Phi) is 5.84. The molecule has 0 amide bonds. The Balaban J connectivity index is 2.50. The van der Waals surface area contributed by atoms with Crippen molar-refractivity contribution in [1.82, 2.24) is 4.98 Å². The average Bonchev–Trinajstić information content (AvgIpc) is 2.37. The number of esters is 1. The van der Waals surface area contributed by atoms with Crippen LogP contribution < -0.4 is 4.74 Å². The Hall–Kier alpha value is -2.23. The normalized spacial score (nSPS) is 10.4. The molecule has 20 heavy (non-hydrogen) atoms. The summed E-state index contributed by atoms with van der Waals surface area (Å²) in [6.45, 7) is 0.579. The summed E-state index contributed by atoms with van der Waals surface area (Å²) >= 11 is 0. The summed E-state index contributed by atoms with van der Waals surface area (Å²) in [6, 6.07) is 2.73. The van der Waals surface area contributed by atoms with E-state index in [1.807, 2.05) is 0 Å². The lowest BCUT2D eigenvalue weighted by molar-refractivity contribution is -0.154. The van der Waals surface area contributed by atoms with Crippen molar-refractivity contribution in [2.75, 3.05) is 13.2 Å². The number of halogens is 3. The van der Waals surface area contributed by atoms with Crippen LogP contribution in [0.2, 0.25) is 0 Å². The Labute approximate surface area is 113 Å². The average molecular weight is 287 g/mol. The lowest BCUT2D eigenvalue weighted by Crippen LogP contribution is -2.19. The van der Waals surface area contributed by atoms with Crippen molar-refractivity contribution < 1.29 is 27.4 Å². The second-order valence-electron chi connectivity index (χ2n) is 3.57. The van der Waals surface area contributed by atoms with Gasteiger partial charge in [0.1, 0.15) is 6.42 Å². The van der Waals surface area contributed by atoms with E-state index in [9.17, 15) is 18.0 Å². The third-order valence-electron chi connectivity index (χ3n) is 1.89. The first kappa shape index (κ1) is 15.8. The van der Waals surface area contributed by atoms with Gasteiger partial charge in [0.15, 0.2) is 6.61 Å². The largest absolute Gasteiger partial charge is 0.468 e. The maximum atomic E-state index is 11.9. The molecule has 1 heterocycles. The number of nitrogens with zero attached hydrogens (tertiary/aromatic N) is 1. The number of ether oxygens (including phenoxy) is 2. The second kappa shape index (κ2) is 7.38. The van der Waals surface area contributed by atoms with E-state index >= 15 is 0 Å². The van der Waals surface area contributed by atoms with Gasteiger partial charge in [-0.15, -0.1) is 0 Å². The summed E-state index contributed by atoms with van der Waals surface area (Å²) < 4.78 is 44.8. The molecule has 0 N–H and O–H groups in total. The summed E-state index contributed by atoms with van der Waals surface area (Å²) in [7, 11) is 0. The molecule has 108 valence electrons. The van der Waals surface area contributed by atoms with Crippen LogP contribution in [-0.2, 0) is 9.53 Å². The fraction of sp³-hybridized carbons (Fsp3) is 0.385. The first-order valence-corrected chi connectivity index (χ1v) is 5.71. The van der Waals surface area contributed by atoms with Gasteiger partial charge in [0.25, 0.3) is 0 Å². The molecule has 0 saturated carbocycles. The quantitative estimate of drug-likeness (QED) is 0.630. The molecule has 0 aliphatic heterocycles. The topological polar surface area (TPSA) is 48.4 Å². The van der Waals surface area contributed by atoms with Gasteiger partial charge in [0.2, 0.25) is 5.88 Å². The van der Waals surface area contributed by atoms with Gasteiger partial charge in [-0.25, -0.2) is 4.98 Å². The molecule has 0 aromatic carbocycles. The summed E-state index contributed by atoms with van der Waals surface area (Å²) in [4.78, 5) is 14.7. The van der Waals surface area contributed by atoms with E-state index in [0.717, 1.165) is 0 Å². The van der Waals surface area contributed by atoms with E-state index in [4.69, 9.17) is 0 Å². The molecule has 1 aromatic heterocycles. The van der Waals surface area contributed by atoms with Crippen molar-refractivity contribution in [2.45, 2.75) is 19.5 Å². The number of carbonyl (C=O) groups excluding carboxylic acids is 1. The third-order valence-corrected chi connectivity index (χ3v) is 1.89. The minimum Gasteiger partial charge on any atom is -0.468 e. The summed E-state index contributed by atoms with van der Waals surface area (Å²) in [6.07, 6.45) is -3.19. The lowest BCUT2D eigenvalue weighted by Gasteiger charge is -2.07. The number of rotatable bonds is 4. The highest BCUT2D eigenvalue weighted by molar-refractivity contribution is 5.72. The summed E-state index contributed by atoms with van der Waals surface area (Å²) in [5, 5.41) is 0. The van der Waals surface area contributed by atoms with Gasteiger partial charge in [0.05, 0.1) is 6.61 Å². The highest BCUT2D eigenvalue weighted by Gasteiger charge is 2.28. The van der Waals surface area contributed by atoms with Gasteiger partial charge in [-0.2, -0.15) is 13.2 Å². The van der Waals surface area contributed by atoms with Gasteiger partial charge in [-0.3, -0.25) is 4.79 Å². The zero-order valence-electron chi connectivity index (χ0n) is 10.7. The van der Waals surface area contributed by atoms with Gasteiger partial charge in [-0.1, -0.05) is 11.8 Å². The highest BCUT2D eigenvalue weighted by atomic mass is 19.4. The minimum atomic E-state index is -4.40. The van der Waals surface area contributed by atoms with Crippen LogP contribution in [0.15, 0.2) is 18.3 Å². The Morgan fingerprint density at radius 3 is 2.70 bits per heavy atom. The number of hydrogen-bond donors (Lipinski definition) is 0. The molecule has 0 spiro atoms. The van der Waals surface area contributed by atoms with Crippen LogP contribution in [0.3, 0.4) is 0 Å². The Morgan fingerprint density at radius 2 is 2.15 bits per heavy atom. The van der Waals surface area contributed by atoms with Crippen molar-refractivity contribution >= 4 is 5.97 Å². The van der Waals surface area contributed by atoms with E-state index < -0.39 is 18.8 Å². The first-order chi connectivity index (χ1) is 9.40. The first-order valence-electron chi connectivity index (χ1n) is 5.71. The number of alkyl halides is 3. The fourth-order valence-corrected chi connectivity index (χ4v) is 1.13. The van der Waals surface area contributed by atoms with Crippen molar-refractivity contribution in [1.29, 1.82) is 0 Å². The lowest BCUT2D eigenvalue weighted by atomic mass is 10.3. The SMILES string of the molecule is CCOC(=O)CC#Cc1ccc(OCC(F)(F)F)nc1. The number of pyridine rings is 1. The summed E-state index contributed by atoms with van der Waals surface area (Å²) in [5.74, 6) is 4.65. The van der Waals surface area contributed by atoms with Gasteiger partial charge in [-0.05, 0) is 13.0 Å². The molecule has 0 aliphatic carbocycles. The Bertz CT molecular complexity index is 500. The van der Waals surface area contributed by atoms with Gasteiger partial charge >= 0.3 is 12.1 Å². The fourth-order valence-electron chi connectivity index (χ4n) is 1.13. The van der Waals surface area contributed by atoms with Crippen LogP contribution in [0.1, 0.15) is 18.9 Å². The van der Waals surface area contributed by atoms with Gasteiger partial charge < -0.3 is 9.47 Å². The molecule has 1 aromatic rings. The minimum absolute atomic E-state index is 0.0554. The van der Waals surface area contributed by atoms with Crippen LogP contribution in [0.5, 0.6) is 5.88 Å². The molecule has 0 fully saturated rings. The molecule has 0 unspecified atom stereocenters. The predicted octanol–water partition coefficient (Wildman–Crippen LogP) is 2.33. The van der Waals surface area contributed by atoms with Crippen LogP contribution in [-0.4, -0.2) is 30.3 Å². The number of carbonyl (C=O) groups is 1. The molecule has 4 nitrogen and oxygen atoms in total. The van der Waals surface area contributed by atoms with E-state index in [-0.39, 0.29) is 18.9 Å². The van der Waals surface area contributed by atoms with Crippen molar-refractivity contribution in [2.24, 2.45) is 0 Å². The molecule has 0 aliphatic rings. The highest BCUT2D eigenvalue weighted by Crippen LogP contribution is 2.16. The van der Waals surface area contributed by atoms with Crippen molar-refractivity contribution in [3.8, 4) is 17.7 Å². The number of aromatic nitrogens is 1. The zero-order valence-corrected chi connectivity index (χ0v) is 10.7. The van der Waals surface area contributed by atoms with E-state index in [1.165, 1.54) is 18.3 Å². The smallest absolute Gasteiger partial charge is 0.422 e. The van der Waals surface area contributed by atoms with Crippen molar-refractivity contribution in [3.63, 3.8) is 0 Å². The Morgan fingerprint density at radius 1 is 1.40 bits per heavy atom. The monoisotopic (exact) mass is 287 g/mol.